The number of aliphatic hydroxyl groups is 1. The molecule has 4 nitrogen and oxygen atoms in total. The maximum atomic E-state index is 10.3. The molecule has 0 radical (unpaired) electrons. The summed E-state index contributed by atoms with van der Waals surface area (Å²) in [6.45, 7) is 2.42. The second-order valence-corrected chi connectivity index (χ2v) is 6.50. The maximum Gasteiger partial charge on any atom is 0.162 e. The summed E-state index contributed by atoms with van der Waals surface area (Å²) < 4.78 is 5.35. The van der Waals surface area contributed by atoms with Gasteiger partial charge in [0.1, 0.15) is 0 Å². The van der Waals surface area contributed by atoms with Crippen LogP contribution in [0.15, 0.2) is 28.2 Å². The maximum absolute atomic E-state index is 10.3. The lowest BCUT2D eigenvalue weighted by atomic mass is 9.89. The lowest BCUT2D eigenvalue weighted by Gasteiger charge is -2.46. The van der Waals surface area contributed by atoms with E-state index in [9.17, 15) is 5.11 Å². The van der Waals surface area contributed by atoms with E-state index >= 15 is 0 Å². The molecule has 0 bridgehead atoms. The van der Waals surface area contributed by atoms with Crippen LogP contribution in [0.2, 0.25) is 0 Å². The van der Waals surface area contributed by atoms with Crippen LogP contribution < -0.4 is 0 Å². The second kappa shape index (κ2) is 4.16. The first-order chi connectivity index (χ1) is 9.23. The number of hydrogen-bond donors (Lipinski definition) is 1. The van der Waals surface area contributed by atoms with Crippen LogP contribution in [0.5, 0.6) is 0 Å². The molecule has 2 aromatic heterocycles. The van der Waals surface area contributed by atoms with Crippen LogP contribution in [0, 0.1) is 5.92 Å². The summed E-state index contributed by atoms with van der Waals surface area (Å²) in [4.78, 5) is 6.85. The zero-order chi connectivity index (χ0) is 12.9. The van der Waals surface area contributed by atoms with E-state index in [2.05, 4.69) is 15.3 Å². The molecule has 5 heteroatoms. The average molecular weight is 276 g/mol. The number of β-amino-alcohol motifs (C(OH)–C–C–N with tert-alkyl or cyclic N) is 1. The van der Waals surface area contributed by atoms with Gasteiger partial charge >= 0.3 is 0 Å². The summed E-state index contributed by atoms with van der Waals surface area (Å²) in [5, 5.41) is 13.3. The van der Waals surface area contributed by atoms with Crippen LogP contribution in [0.25, 0.3) is 10.8 Å². The van der Waals surface area contributed by atoms with Crippen LogP contribution in [-0.2, 0) is 6.54 Å². The van der Waals surface area contributed by atoms with Gasteiger partial charge in [-0.25, -0.2) is 4.98 Å². The second-order valence-electron chi connectivity index (χ2n) is 5.64. The Bertz CT molecular complexity index is 568. The molecule has 1 aliphatic heterocycles. The van der Waals surface area contributed by atoms with Crippen molar-refractivity contribution in [3.63, 3.8) is 0 Å². The monoisotopic (exact) mass is 276 g/mol. The Labute approximate surface area is 115 Å². The molecule has 0 atom stereocenters. The zero-order valence-electron chi connectivity index (χ0n) is 10.6. The molecule has 0 unspecified atom stereocenters. The molecule has 100 valence electrons. The van der Waals surface area contributed by atoms with Gasteiger partial charge in [0.25, 0.3) is 0 Å². The van der Waals surface area contributed by atoms with Crippen molar-refractivity contribution in [2.75, 3.05) is 13.1 Å². The minimum Gasteiger partial charge on any atom is -0.462 e. The zero-order valence-corrected chi connectivity index (χ0v) is 11.4. The fraction of sp³-hybridized carbons (Fsp3) is 0.500. The molecule has 1 saturated carbocycles. The molecule has 3 heterocycles. The molecule has 0 amide bonds. The van der Waals surface area contributed by atoms with Gasteiger partial charge in [0.2, 0.25) is 0 Å². The number of furan rings is 1. The SMILES string of the molecule is OC1(C2CC2)CN(Cc2csc(-c3ccco3)n2)C1. The highest BCUT2D eigenvalue weighted by atomic mass is 32.1. The van der Waals surface area contributed by atoms with Crippen molar-refractivity contribution in [2.24, 2.45) is 5.92 Å². The highest BCUT2D eigenvalue weighted by Crippen LogP contribution is 2.44. The van der Waals surface area contributed by atoms with E-state index in [1.165, 1.54) is 12.8 Å². The third-order valence-corrected chi connectivity index (χ3v) is 4.91. The smallest absolute Gasteiger partial charge is 0.162 e. The van der Waals surface area contributed by atoms with E-state index in [1.54, 1.807) is 17.6 Å². The summed E-state index contributed by atoms with van der Waals surface area (Å²) >= 11 is 1.61. The van der Waals surface area contributed by atoms with Crippen LogP contribution in [-0.4, -0.2) is 33.7 Å². The molecule has 19 heavy (non-hydrogen) atoms. The molecule has 2 fully saturated rings. The van der Waals surface area contributed by atoms with Gasteiger partial charge in [-0.3, -0.25) is 4.90 Å². The van der Waals surface area contributed by atoms with E-state index < -0.39 is 5.60 Å². The summed E-state index contributed by atoms with van der Waals surface area (Å²) in [5.74, 6) is 1.38. The van der Waals surface area contributed by atoms with Gasteiger partial charge in [0.15, 0.2) is 10.8 Å². The predicted octanol–water partition coefficient (Wildman–Crippen LogP) is 2.36. The molecule has 0 spiro atoms. The molecule has 1 aliphatic carbocycles. The molecule has 4 rings (SSSR count). The topological polar surface area (TPSA) is 49.5 Å². The van der Waals surface area contributed by atoms with Gasteiger partial charge in [0, 0.05) is 25.0 Å². The Kier molecular flexibility index (Phi) is 2.55. The van der Waals surface area contributed by atoms with Crippen molar-refractivity contribution in [1.29, 1.82) is 0 Å². The van der Waals surface area contributed by atoms with E-state index in [0.29, 0.717) is 5.92 Å². The number of aromatic nitrogens is 1. The molecule has 2 aromatic rings. The third-order valence-electron chi connectivity index (χ3n) is 4.00. The Balaban J connectivity index is 1.39. The van der Waals surface area contributed by atoms with Gasteiger partial charge in [-0.2, -0.15) is 0 Å². The lowest BCUT2D eigenvalue weighted by Crippen LogP contribution is -2.62. The molecule has 2 aliphatic rings. The molecular weight excluding hydrogens is 260 g/mol. The van der Waals surface area contributed by atoms with Gasteiger partial charge in [0.05, 0.1) is 17.6 Å². The summed E-state index contributed by atoms with van der Waals surface area (Å²) in [7, 11) is 0. The largest absolute Gasteiger partial charge is 0.462 e. The van der Waals surface area contributed by atoms with Gasteiger partial charge in [-0.1, -0.05) is 0 Å². The number of hydrogen-bond acceptors (Lipinski definition) is 5. The van der Waals surface area contributed by atoms with E-state index in [-0.39, 0.29) is 0 Å². The molecular formula is C14H16N2O2S. The Morgan fingerprint density at radius 1 is 1.47 bits per heavy atom. The first-order valence-corrected chi connectivity index (χ1v) is 7.54. The van der Waals surface area contributed by atoms with Gasteiger partial charge in [-0.05, 0) is 30.9 Å². The third kappa shape index (κ3) is 2.12. The van der Waals surface area contributed by atoms with Crippen molar-refractivity contribution in [3.05, 3.63) is 29.5 Å². The van der Waals surface area contributed by atoms with Crippen LogP contribution in [0.4, 0.5) is 0 Å². The number of likely N-dealkylation sites (tertiary alicyclic amines) is 1. The first kappa shape index (κ1) is 11.6. The van der Waals surface area contributed by atoms with Crippen LogP contribution in [0.1, 0.15) is 18.5 Å². The Hall–Kier alpha value is -1.17. The predicted molar refractivity (Wildman–Crippen MR) is 72.8 cm³/mol. The minimum absolute atomic E-state index is 0.403. The lowest BCUT2D eigenvalue weighted by molar-refractivity contribution is -0.116. The highest BCUT2D eigenvalue weighted by Gasteiger charge is 2.51. The number of nitrogens with zero attached hydrogens (tertiary/aromatic N) is 2. The van der Waals surface area contributed by atoms with Gasteiger partial charge in [-0.15, -0.1) is 11.3 Å². The summed E-state index contributed by atoms with van der Waals surface area (Å²) in [6.07, 6.45) is 4.06. The summed E-state index contributed by atoms with van der Waals surface area (Å²) in [6, 6.07) is 3.81. The van der Waals surface area contributed by atoms with Gasteiger partial charge < -0.3 is 9.52 Å². The molecule has 1 N–H and O–H groups in total. The van der Waals surface area contributed by atoms with E-state index in [4.69, 9.17) is 4.42 Å². The van der Waals surface area contributed by atoms with Crippen molar-refractivity contribution >= 4 is 11.3 Å². The Morgan fingerprint density at radius 2 is 2.32 bits per heavy atom. The minimum atomic E-state index is -0.403. The fourth-order valence-corrected chi connectivity index (χ4v) is 3.62. The number of thiazole rings is 1. The quantitative estimate of drug-likeness (QED) is 0.931. The molecule has 0 aromatic carbocycles. The van der Waals surface area contributed by atoms with Crippen molar-refractivity contribution in [1.82, 2.24) is 9.88 Å². The van der Waals surface area contributed by atoms with Crippen LogP contribution in [0.3, 0.4) is 0 Å². The fourth-order valence-electron chi connectivity index (χ4n) is 2.84. The molecule has 1 saturated heterocycles. The Morgan fingerprint density at radius 3 is 3.00 bits per heavy atom. The normalized spacial score (nSPS) is 22.4. The van der Waals surface area contributed by atoms with E-state index in [0.717, 1.165) is 36.1 Å². The van der Waals surface area contributed by atoms with Crippen LogP contribution >= 0.6 is 11.3 Å². The van der Waals surface area contributed by atoms with Crippen molar-refractivity contribution in [2.45, 2.75) is 25.0 Å². The first-order valence-electron chi connectivity index (χ1n) is 6.66. The highest BCUT2D eigenvalue weighted by molar-refractivity contribution is 7.13. The number of rotatable bonds is 4. The standard InChI is InChI=1S/C14H16N2O2S/c17-14(10-3-4-10)8-16(9-14)6-11-7-19-13(15-11)12-2-1-5-18-12/h1-2,5,7,10,17H,3-4,6,8-9H2. The summed E-state index contributed by atoms with van der Waals surface area (Å²) in [5.41, 5.74) is 0.661. The van der Waals surface area contributed by atoms with E-state index in [1.807, 2.05) is 12.1 Å². The van der Waals surface area contributed by atoms with Crippen molar-refractivity contribution in [3.8, 4) is 10.8 Å². The average Bonchev–Trinajstić information content (AvgIpc) is 2.89. The van der Waals surface area contributed by atoms with Crippen molar-refractivity contribution < 1.29 is 9.52 Å².